The number of hydrogen-bond acceptors (Lipinski definition) is 3. The number of amides is 4. The van der Waals surface area contributed by atoms with Gasteiger partial charge in [-0.3, -0.25) is 14.5 Å². The first-order valence-electron chi connectivity index (χ1n) is 6.41. The van der Waals surface area contributed by atoms with Crippen LogP contribution in [0.2, 0.25) is 0 Å². The normalized spacial score (nSPS) is 17.1. The second-order valence-corrected chi connectivity index (χ2v) is 5.10. The fraction of sp³-hybridized carbons (Fsp3) is 0.357. The van der Waals surface area contributed by atoms with Crippen LogP contribution in [0.5, 0.6) is 0 Å². The van der Waals surface area contributed by atoms with Crippen molar-refractivity contribution in [3.63, 3.8) is 0 Å². The summed E-state index contributed by atoms with van der Waals surface area (Å²) in [4.78, 5) is 37.7. The molecular formula is C14H18N3O3+. The zero-order valence-electron chi connectivity index (χ0n) is 11.8. The topological polar surface area (TPSA) is 62.1 Å². The molecule has 0 radical (unpaired) electrons. The van der Waals surface area contributed by atoms with Crippen molar-refractivity contribution in [2.75, 3.05) is 20.8 Å². The molecule has 0 saturated carbocycles. The van der Waals surface area contributed by atoms with Gasteiger partial charge in [-0.25, -0.2) is 9.69 Å². The van der Waals surface area contributed by atoms with E-state index < -0.39 is 17.8 Å². The summed E-state index contributed by atoms with van der Waals surface area (Å²) >= 11 is 0. The van der Waals surface area contributed by atoms with Crippen molar-refractivity contribution in [1.82, 2.24) is 9.80 Å². The lowest BCUT2D eigenvalue weighted by atomic mass is 10.1. The Morgan fingerprint density at radius 3 is 2.30 bits per heavy atom. The minimum atomic E-state index is -0.765. The average Bonchev–Trinajstić information content (AvgIpc) is 2.59. The molecule has 1 unspecified atom stereocenters. The van der Waals surface area contributed by atoms with Crippen molar-refractivity contribution in [2.24, 2.45) is 0 Å². The molecule has 1 saturated heterocycles. The molecule has 6 heteroatoms. The Morgan fingerprint density at radius 1 is 1.10 bits per heavy atom. The smallest absolute Gasteiger partial charge is 0.316 e. The average molecular weight is 276 g/mol. The molecule has 1 aromatic rings. The molecular weight excluding hydrogens is 258 g/mol. The molecule has 20 heavy (non-hydrogen) atoms. The van der Waals surface area contributed by atoms with Crippen LogP contribution in [0.25, 0.3) is 0 Å². The van der Waals surface area contributed by atoms with E-state index in [0.717, 1.165) is 20.3 Å². The number of imide groups is 2. The molecule has 1 fully saturated rings. The quantitative estimate of drug-likeness (QED) is 0.589. The Bertz CT molecular complexity index is 571. The van der Waals surface area contributed by atoms with Gasteiger partial charge < -0.3 is 4.90 Å². The van der Waals surface area contributed by atoms with Crippen molar-refractivity contribution >= 4 is 17.8 Å². The zero-order chi connectivity index (χ0) is 14.9. The van der Waals surface area contributed by atoms with E-state index in [0.29, 0.717) is 6.54 Å². The van der Waals surface area contributed by atoms with E-state index in [1.807, 2.05) is 38.2 Å². The monoisotopic (exact) mass is 276 g/mol. The maximum atomic E-state index is 11.8. The molecule has 1 atom stereocenters. The van der Waals surface area contributed by atoms with Crippen molar-refractivity contribution in [3.05, 3.63) is 35.4 Å². The largest absolute Gasteiger partial charge is 0.338 e. The lowest BCUT2D eigenvalue weighted by Gasteiger charge is -2.20. The van der Waals surface area contributed by atoms with Crippen molar-refractivity contribution < 1.29 is 19.3 Å². The standard InChI is InChI=1S/C14H17N3O3/c1-10-6-4-5-7-11(10)8-15(2)9-17-13(19)12(18)16(3)14(17)20/h4-7H,8-9H2,1-3H3/p+1. The number of nitrogens with zero attached hydrogens (tertiary/aromatic N) is 2. The molecule has 0 spiro atoms. The SMILES string of the molecule is Cc1ccccc1C[NH+](C)CN1C(=O)C(=O)N(C)C1=O. The van der Waals surface area contributed by atoms with Crippen molar-refractivity contribution in [2.45, 2.75) is 13.5 Å². The van der Waals surface area contributed by atoms with Crippen LogP contribution in [0.4, 0.5) is 4.79 Å². The third-order valence-electron chi connectivity index (χ3n) is 3.43. The van der Waals surface area contributed by atoms with Gasteiger partial charge >= 0.3 is 17.8 Å². The van der Waals surface area contributed by atoms with Gasteiger partial charge in [0.2, 0.25) is 0 Å². The fourth-order valence-electron chi connectivity index (χ4n) is 2.21. The molecule has 4 amide bonds. The number of likely N-dealkylation sites (N-methyl/N-ethyl adjacent to an activating group) is 1. The van der Waals surface area contributed by atoms with Gasteiger partial charge in [-0.1, -0.05) is 24.3 Å². The molecule has 0 aliphatic carbocycles. The Labute approximate surface area is 117 Å². The van der Waals surface area contributed by atoms with Gasteiger partial charge in [-0.05, 0) is 12.5 Å². The summed E-state index contributed by atoms with van der Waals surface area (Å²) in [6.45, 7) is 2.88. The maximum Gasteiger partial charge on any atom is 0.338 e. The van der Waals surface area contributed by atoms with Crippen LogP contribution in [0.3, 0.4) is 0 Å². The lowest BCUT2D eigenvalue weighted by Crippen LogP contribution is -3.09. The highest BCUT2D eigenvalue weighted by atomic mass is 16.2. The van der Waals surface area contributed by atoms with Gasteiger partial charge in [-0.15, -0.1) is 0 Å². The molecule has 0 bridgehead atoms. The van der Waals surface area contributed by atoms with Gasteiger partial charge in [0.25, 0.3) is 0 Å². The number of nitrogens with one attached hydrogen (secondary N) is 1. The molecule has 1 aliphatic heterocycles. The van der Waals surface area contributed by atoms with Crippen LogP contribution >= 0.6 is 0 Å². The second-order valence-electron chi connectivity index (χ2n) is 5.10. The predicted molar refractivity (Wildman–Crippen MR) is 71.6 cm³/mol. The number of carbonyl (C=O) groups is 3. The molecule has 0 aromatic heterocycles. The summed E-state index contributed by atoms with van der Waals surface area (Å²) in [6, 6.07) is 7.41. The van der Waals surface area contributed by atoms with Gasteiger partial charge in [0, 0.05) is 12.6 Å². The van der Waals surface area contributed by atoms with Gasteiger partial charge in [0.05, 0.1) is 7.05 Å². The maximum absolute atomic E-state index is 11.8. The highest BCUT2D eigenvalue weighted by Gasteiger charge is 2.43. The van der Waals surface area contributed by atoms with E-state index in [2.05, 4.69) is 0 Å². The molecule has 1 heterocycles. The van der Waals surface area contributed by atoms with Crippen molar-refractivity contribution in [3.8, 4) is 0 Å². The first-order valence-corrected chi connectivity index (χ1v) is 6.41. The van der Waals surface area contributed by atoms with Crippen LogP contribution in [0, 0.1) is 6.92 Å². The predicted octanol–water partition coefficient (Wildman–Crippen LogP) is -0.612. The number of hydrogen-bond donors (Lipinski definition) is 1. The Balaban J connectivity index is 2.04. The summed E-state index contributed by atoms with van der Waals surface area (Å²) in [7, 11) is 3.20. The number of rotatable bonds is 4. The number of urea groups is 1. The van der Waals surface area contributed by atoms with Gasteiger partial charge in [0.1, 0.15) is 6.54 Å². The Morgan fingerprint density at radius 2 is 1.75 bits per heavy atom. The van der Waals surface area contributed by atoms with E-state index in [4.69, 9.17) is 0 Å². The molecule has 2 rings (SSSR count). The van der Waals surface area contributed by atoms with Crippen LogP contribution in [-0.2, 0) is 16.1 Å². The van der Waals surface area contributed by atoms with E-state index >= 15 is 0 Å². The summed E-state index contributed by atoms with van der Waals surface area (Å²) < 4.78 is 0. The minimum absolute atomic E-state index is 0.183. The lowest BCUT2D eigenvalue weighted by molar-refractivity contribution is -0.901. The third kappa shape index (κ3) is 2.55. The van der Waals surface area contributed by atoms with E-state index in [9.17, 15) is 14.4 Å². The highest BCUT2D eigenvalue weighted by Crippen LogP contribution is 2.08. The summed E-state index contributed by atoms with van der Waals surface area (Å²) in [5, 5.41) is 0. The zero-order valence-corrected chi connectivity index (χ0v) is 11.8. The molecule has 1 aromatic carbocycles. The first kappa shape index (κ1) is 14.2. The number of benzene rings is 1. The van der Waals surface area contributed by atoms with E-state index in [1.54, 1.807) is 0 Å². The molecule has 1 aliphatic rings. The fourth-order valence-corrected chi connectivity index (χ4v) is 2.21. The number of quaternary nitrogens is 1. The minimum Gasteiger partial charge on any atom is -0.316 e. The summed E-state index contributed by atoms with van der Waals surface area (Å²) in [5.41, 5.74) is 2.32. The second kappa shape index (κ2) is 5.42. The van der Waals surface area contributed by atoms with Crippen LogP contribution in [0.15, 0.2) is 24.3 Å². The van der Waals surface area contributed by atoms with Crippen LogP contribution < -0.4 is 4.90 Å². The number of aryl methyl sites for hydroxylation is 1. The van der Waals surface area contributed by atoms with Crippen molar-refractivity contribution in [1.29, 1.82) is 0 Å². The highest BCUT2D eigenvalue weighted by molar-refractivity contribution is 6.44. The third-order valence-corrected chi connectivity index (χ3v) is 3.43. The van der Waals surface area contributed by atoms with Crippen LogP contribution in [-0.4, -0.2) is 48.4 Å². The molecule has 6 nitrogen and oxygen atoms in total. The first-order chi connectivity index (χ1) is 9.41. The summed E-state index contributed by atoms with van der Waals surface area (Å²) in [5.74, 6) is -1.51. The van der Waals surface area contributed by atoms with Crippen LogP contribution in [0.1, 0.15) is 11.1 Å². The Hall–Kier alpha value is -2.21. The summed E-state index contributed by atoms with van der Waals surface area (Å²) in [6.07, 6.45) is 0. The van der Waals surface area contributed by atoms with Gasteiger partial charge in [0.15, 0.2) is 6.67 Å². The number of carbonyl (C=O) groups excluding carboxylic acids is 3. The molecule has 106 valence electrons. The van der Waals surface area contributed by atoms with E-state index in [-0.39, 0.29) is 6.67 Å². The Kier molecular flexibility index (Phi) is 3.85. The van der Waals surface area contributed by atoms with E-state index in [1.165, 1.54) is 12.6 Å². The molecule has 1 N–H and O–H groups in total. The van der Waals surface area contributed by atoms with Gasteiger partial charge in [-0.2, -0.15) is 0 Å².